The number of halogens is 3. The molecule has 11 heteroatoms. The highest BCUT2D eigenvalue weighted by Gasteiger charge is 2.33. The van der Waals surface area contributed by atoms with E-state index in [9.17, 15) is 18.3 Å². The second-order valence-corrected chi connectivity index (χ2v) is 8.48. The summed E-state index contributed by atoms with van der Waals surface area (Å²) in [6.07, 6.45) is -3.27. The average Bonchev–Trinajstić information content (AvgIpc) is 3.27. The lowest BCUT2D eigenvalue weighted by Gasteiger charge is -2.14. The molecule has 0 amide bonds. The Morgan fingerprint density at radius 2 is 2.00 bits per heavy atom. The number of thiophene rings is 1. The van der Waals surface area contributed by atoms with E-state index in [0.717, 1.165) is 5.69 Å². The average molecular weight is 463 g/mol. The number of nitrogens with one attached hydrogen (secondary N) is 1. The van der Waals surface area contributed by atoms with Gasteiger partial charge in [0.25, 0.3) is 0 Å². The molecule has 0 saturated carbocycles. The molecule has 0 aliphatic rings. The zero-order chi connectivity index (χ0) is 23.0. The molecule has 3 aromatic heterocycles. The minimum absolute atomic E-state index is 0.0963. The van der Waals surface area contributed by atoms with E-state index >= 15 is 0 Å². The number of alkyl halides is 3. The van der Waals surface area contributed by atoms with Crippen molar-refractivity contribution < 1.29 is 23.0 Å². The Balaban J connectivity index is 1.83. The van der Waals surface area contributed by atoms with Crippen molar-refractivity contribution in [3.05, 3.63) is 47.1 Å². The summed E-state index contributed by atoms with van der Waals surface area (Å²) in [4.78, 5) is 9.36. The van der Waals surface area contributed by atoms with Gasteiger partial charge in [-0.15, -0.1) is 24.5 Å². The van der Waals surface area contributed by atoms with Gasteiger partial charge in [-0.25, -0.2) is 14.6 Å². The molecule has 7 nitrogen and oxygen atoms in total. The van der Waals surface area contributed by atoms with Gasteiger partial charge in [-0.2, -0.15) is 5.10 Å². The zero-order valence-electron chi connectivity index (χ0n) is 17.4. The van der Waals surface area contributed by atoms with Gasteiger partial charge in [-0.05, 0) is 26.8 Å². The van der Waals surface area contributed by atoms with Crippen LogP contribution in [0.2, 0.25) is 0 Å². The third-order valence-corrected chi connectivity index (χ3v) is 5.71. The number of para-hydroxylation sites is 1. The maximum atomic E-state index is 13.0. The molecule has 0 radical (unpaired) electrons. The van der Waals surface area contributed by atoms with E-state index in [2.05, 4.69) is 25.1 Å². The fraction of sp³-hybridized carbons (Fsp3) is 0.286. The van der Waals surface area contributed by atoms with Gasteiger partial charge in [0.2, 0.25) is 5.95 Å². The molecule has 0 fully saturated rings. The van der Waals surface area contributed by atoms with E-state index in [1.54, 1.807) is 16.9 Å². The van der Waals surface area contributed by atoms with Crippen LogP contribution in [0.5, 0.6) is 5.75 Å². The van der Waals surface area contributed by atoms with Crippen LogP contribution in [0.4, 0.5) is 24.9 Å². The Morgan fingerprint density at radius 3 is 2.69 bits per heavy atom. The Kier molecular flexibility index (Phi) is 5.78. The number of nitrogens with zero attached hydrogens (tertiary/aromatic N) is 4. The number of aryl methyl sites for hydroxylation is 1. The summed E-state index contributed by atoms with van der Waals surface area (Å²) in [5, 5.41) is 17.5. The number of aromatic nitrogens is 4. The first-order chi connectivity index (χ1) is 15.2. The lowest BCUT2D eigenvalue weighted by molar-refractivity contribution is -0.274. The summed E-state index contributed by atoms with van der Waals surface area (Å²) in [6, 6.07) is 7.75. The standard InChI is InChI=1S/C21H20F3N5O2S/c1-11(2)29-17(8-12(3)28-29)26-20-25-9-15-19(27-20)18(16(10-30)32-15)13-6-4-5-7-14(13)31-21(22,23)24/h4-9,11,30H,10H2,1-3H3,(H,25,26,27). The van der Waals surface area contributed by atoms with Crippen molar-refractivity contribution in [2.45, 2.75) is 39.8 Å². The molecule has 0 saturated heterocycles. The molecule has 4 aromatic rings. The second-order valence-electron chi connectivity index (χ2n) is 7.34. The highest BCUT2D eigenvalue weighted by Crippen LogP contribution is 2.43. The molecule has 0 bridgehead atoms. The minimum Gasteiger partial charge on any atom is -0.405 e. The molecule has 2 N–H and O–H groups in total. The van der Waals surface area contributed by atoms with Gasteiger partial charge < -0.3 is 15.2 Å². The van der Waals surface area contributed by atoms with Crippen LogP contribution in [-0.4, -0.2) is 31.2 Å². The van der Waals surface area contributed by atoms with Crippen LogP contribution in [0, 0.1) is 6.92 Å². The van der Waals surface area contributed by atoms with Gasteiger partial charge >= 0.3 is 6.36 Å². The van der Waals surface area contributed by atoms with E-state index in [4.69, 9.17) is 0 Å². The number of hydrogen-bond donors (Lipinski definition) is 2. The molecular formula is C21H20F3N5O2S. The van der Waals surface area contributed by atoms with Crippen molar-refractivity contribution >= 4 is 33.3 Å². The van der Waals surface area contributed by atoms with Gasteiger partial charge in [0.15, 0.2) is 0 Å². The van der Waals surface area contributed by atoms with Crippen LogP contribution in [0.15, 0.2) is 36.5 Å². The monoisotopic (exact) mass is 463 g/mol. The molecule has 1 aromatic carbocycles. The lowest BCUT2D eigenvalue weighted by Crippen LogP contribution is -2.17. The number of benzene rings is 1. The van der Waals surface area contributed by atoms with Gasteiger partial charge in [-0.1, -0.05) is 18.2 Å². The summed E-state index contributed by atoms with van der Waals surface area (Å²) < 4.78 is 45.5. The maximum absolute atomic E-state index is 13.0. The number of aliphatic hydroxyl groups is 1. The van der Waals surface area contributed by atoms with Crippen molar-refractivity contribution in [2.75, 3.05) is 5.32 Å². The fourth-order valence-corrected chi connectivity index (χ4v) is 4.38. The lowest BCUT2D eigenvalue weighted by atomic mass is 10.0. The van der Waals surface area contributed by atoms with Crippen LogP contribution >= 0.6 is 11.3 Å². The molecule has 168 valence electrons. The number of fused-ring (bicyclic) bond motifs is 1. The van der Waals surface area contributed by atoms with Crippen LogP contribution in [0.25, 0.3) is 21.3 Å². The molecule has 0 unspecified atom stereocenters. The Bertz CT molecular complexity index is 1270. The molecule has 3 heterocycles. The van der Waals surface area contributed by atoms with Crippen LogP contribution in [-0.2, 0) is 6.61 Å². The van der Waals surface area contributed by atoms with Crippen LogP contribution in [0.1, 0.15) is 30.5 Å². The summed E-state index contributed by atoms with van der Waals surface area (Å²) >= 11 is 1.22. The van der Waals surface area contributed by atoms with Crippen molar-refractivity contribution in [1.29, 1.82) is 0 Å². The predicted octanol–water partition coefficient (Wildman–Crippen LogP) is 5.58. The molecule has 0 atom stereocenters. The number of ether oxygens (including phenoxy) is 1. The highest BCUT2D eigenvalue weighted by molar-refractivity contribution is 7.19. The van der Waals surface area contributed by atoms with Crippen LogP contribution in [0.3, 0.4) is 0 Å². The van der Waals surface area contributed by atoms with Crippen molar-refractivity contribution in [3.8, 4) is 16.9 Å². The van der Waals surface area contributed by atoms with Crippen molar-refractivity contribution in [1.82, 2.24) is 19.7 Å². The number of rotatable bonds is 6. The van der Waals surface area contributed by atoms with Crippen LogP contribution < -0.4 is 10.1 Å². The topological polar surface area (TPSA) is 85.1 Å². The van der Waals surface area contributed by atoms with Gasteiger partial charge in [-0.3, -0.25) is 0 Å². The predicted molar refractivity (Wildman–Crippen MR) is 116 cm³/mol. The van der Waals surface area contributed by atoms with E-state index in [0.29, 0.717) is 26.5 Å². The minimum atomic E-state index is -4.85. The van der Waals surface area contributed by atoms with E-state index < -0.39 is 6.36 Å². The van der Waals surface area contributed by atoms with E-state index in [1.807, 2.05) is 26.8 Å². The summed E-state index contributed by atoms with van der Waals surface area (Å²) in [5.41, 5.74) is 1.81. The molecule has 32 heavy (non-hydrogen) atoms. The normalized spacial score (nSPS) is 12.0. The number of anilines is 2. The van der Waals surface area contributed by atoms with Gasteiger partial charge in [0.1, 0.15) is 11.6 Å². The fourth-order valence-electron chi connectivity index (χ4n) is 3.39. The maximum Gasteiger partial charge on any atom is 0.573 e. The van der Waals surface area contributed by atoms with E-state index in [-0.39, 0.29) is 29.9 Å². The third-order valence-electron chi connectivity index (χ3n) is 4.62. The Morgan fingerprint density at radius 1 is 1.25 bits per heavy atom. The number of hydrogen-bond acceptors (Lipinski definition) is 7. The zero-order valence-corrected chi connectivity index (χ0v) is 18.3. The quantitative estimate of drug-likeness (QED) is 0.388. The first-order valence-corrected chi connectivity index (χ1v) is 10.6. The van der Waals surface area contributed by atoms with Crippen molar-refractivity contribution in [2.24, 2.45) is 0 Å². The first kappa shape index (κ1) is 22.0. The SMILES string of the molecule is Cc1cc(Nc2ncc3sc(CO)c(-c4ccccc4OC(F)(F)F)c3n2)n(C(C)C)n1. The van der Waals surface area contributed by atoms with Gasteiger partial charge in [0, 0.05) is 28.1 Å². The molecular weight excluding hydrogens is 443 g/mol. The summed E-state index contributed by atoms with van der Waals surface area (Å²) in [6.45, 7) is 5.49. The Hall–Kier alpha value is -3.18. The third kappa shape index (κ3) is 4.39. The summed E-state index contributed by atoms with van der Waals surface area (Å²) in [5.74, 6) is 0.588. The first-order valence-electron chi connectivity index (χ1n) is 9.74. The molecule has 0 spiro atoms. The molecule has 4 rings (SSSR count). The van der Waals surface area contributed by atoms with Crippen molar-refractivity contribution in [3.63, 3.8) is 0 Å². The summed E-state index contributed by atoms with van der Waals surface area (Å²) in [7, 11) is 0. The molecule has 0 aliphatic heterocycles. The smallest absolute Gasteiger partial charge is 0.405 e. The highest BCUT2D eigenvalue weighted by atomic mass is 32.1. The Labute approximate surface area is 185 Å². The molecule has 0 aliphatic carbocycles. The van der Waals surface area contributed by atoms with E-state index in [1.165, 1.54) is 29.5 Å². The second kappa shape index (κ2) is 8.40. The largest absolute Gasteiger partial charge is 0.573 e. The van der Waals surface area contributed by atoms with Gasteiger partial charge in [0.05, 0.1) is 28.7 Å². The number of aliphatic hydroxyl groups excluding tert-OH is 1.